The number of Topliss-reactive ketones (excluding diaryl/α,β-unsaturated/α-hetero) is 1. The Morgan fingerprint density at radius 1 is 0.849 bits per heavy atom. The van der Waals surface area contributed by atoms with Gasteiger partial charge in [-0.15, -0.1) is 0 Å². The van der Waals surface area contributed by atoms with Crippen molar-refractivity contribution in [1.82, 2.24) is 31.1 Å². The van der Waals surface area contributed by atoms with Gasteiger partial charge in [0.2, 0.25) is 29.4 Å². The molecule has 3 aliphatic heterocycles. The number of rotatable bonds is 8. The molecule has 2 aliphatic carbocycles. The largest absolute Gasteiger partial charge is 0.349 e. The van der Waals surface area contributed by atoms with Crippen LogP contribution in [0.3, 0.4) is 0 Å². The Bertz CT molecular complexity index is 1430. The van der Waals surface area contributed by atoms with Gasteiger partial charge in [0.25, 0.3) is 5.91 Å². The van der Waals surface area contributed by atoms with Gasteiger partial charge < -0.3 is 26.2 Å². The van der Waals surface area contributed by atoms with Crippen molar-refractivity contribution in [1.29, 1.82) is 0 Å². The van der Waals surface area contributed by atoms with E-state index in [1.54, 1.807) is 4.90 Å². The second-order valence-electron chi connectivity index (χ2n) is 19.0. The summed E-state index contributed by atoms with van der Waals surface area (Å²) in [4.78, 5) is 97.6. The van der Waals surface area contributed by atoms with Crippen LogP contribution in [0.25, 0.3) is 0 Å². The van der Waals surface area contributed by atoms with Crippen LogP contribution in [-0.2, 0) is 28.8 Å². The van der Waals surface area contributed by atoms with Crippen LogP contribution in [0.1, 0.15) is 132 Å². The minimum absolute atomic E-state index is 0.0224. The molecular weight excluding hydrogens is 676 g/mol. The van der Waals surface area contributed by atoms with Crippen LogP contribution in [0.15, 0.2) is 0 Å². The molecule has 6 atom stereocenters. The Balaban J connectivity index is 1.33. The first-order chi connectivity index (χ1) is 24.8. The molecule has 296 valence electrons. The number of nitrogens with one attached hydrogen (secondary N) is 4. The Morgan fingerprint density at radius 3 is 2.02 bits per heavy atom. The first-order valence-corrected chi connectivity index (χ1v) is 20.1. The molecule has 4 N–H and O–H groups in total. The quantitative estimate of drug-likeness (QED) is 0.216. The highest BCUT2D eigenvalue weighted by atomic mass is 16.2. The lowest BCUT2D eigenvalue weighted by atomic mass is 9.80. The number of amides is 7. The predicted octanol–water partition coefficient (Wildman–Crippen LogP) is 3.83. The third kappa shape index (κ3) is 9.98. The van der Waals surface area contributed by atoms with Crippen molar-refractivity contribution >= 4 is 41.4 Å². The van der Waals surface area contributed by atoms with Crippen molar-refractivity contribution in [2.24, 2.45) is 34.0 Å². The number of imide groups is 1. The van der Waals surface area contributed by atoms with E-state index in [1.165, 1.54) is 4.90 Å². The molecule has 3 heterocycles. The number of ketones is 1. The topological polar surface area (TPSA) is 174 Å². The zero-order valence-electron chi connectivity index (χ0n) is 33.1. The Labute approximate surface area is 315 Å². The fraction of sp³-hybridized carbons (Fsp3) is 0.825. The van der Waals surface area contributed by atoms with Crippen LogP contribution in [-0.4, -0.2) is 95.0 Å². The molecular formula is C40H64N6O7. The molecule has 7 amide bonds. The average molecular weight is 741 g/mol. The molecule has 5 aliphatic rings. The van der Waals surface area contributed by atoms with Gasteiger partial charge in [-0.25, -0.2) is 4.79 Å². The number of hydrogen-bond acceptors (Lipinski definition) is 7. The van der Waals surface area contributed by atoms with Gasteiger partial charge in [-0.3, -0.25) is 33.7 Å². The lowest BCUT2D eigenvalue weighted by Crippen LogP contribution is -2.61. The summed E-state index contributed by atoms with van der Waals surface area (Å²) < 4.78 is 0. The van der Waals surface area contributed by atoms with Crippen molar-refractivity contribution in [2.75, 3.05) is 19.6 Å². The summed E-state index contributed by atoms with van der Waals surface area (Å²) in [5, 5.41) is 11.6. The zero-order valence-corrected chi connectivity index (χ0v) is 33.1. The third-order valence-corrected chi connectivity index (χ3v) is 12.5. The molecule has 0 aromatic rings. The summed E-state index contributed by atoms with van der Waals surface area (Å²) >= 11 is 0. The van der Waals surface area contributed by atoms with E-state index in [0.29, 0.717) is 44.7 Å². The van der Waals surface area contributed by atoms with Gasteiger partial charge in [0.15, 0.2) is 0 Å². The lowest BCUT2D eigenvalue weighted by molar-refractivity contribution is -0.153. The van der Waals surface area contributed by atoms with E-state index in [9.17, 15) is 33.6 Å². The highest BCUT2D eigenvalue weighted by molar-refractivity contribution is 6.38. The first-order valence-electron chi connectivity index (χ1n) is 20.1. The second kappa shape index (κ2) is 16.1. The summed E-state index contributed by atoms with van der Waals surface area (Å²) in [6.07, 6.45) is 9.33. The van der Waals surface area contributed by atoms with E-state index in [4.69, 9.17) is 0 Å². The van der Waals surface area contributed by atoms with E-state index >= 15 is 0 Å². The van der Waals surface area contributed by atoms with E-state index in [1.807, 2.05) is 34.6 Å². The maximum absolute atomic E-state index is 14.5. The number of nitrogens with zero attached hydrogens (tertiary/aromatic N) is 2. The second-order valence-corrected chi connectivity index (χ2v) is 19.0. The van der Waals surface area contributed by atoms with Gasteiger partial charge in [-0.2, -0.15) is 0 Å². The van der Waals surface area contributed by atoms with Crippen molar-refractivity contribution < 1.29 is 33.6 Å². The first kappa shape index (κ1) is 40.7. The van der Waals surface area contributed by atoms with Crippen LogP contribution in [0.4, 0.5) is 4.79 Å². The van der Waals surface area contributed by atoms with Crippen molar-refractivity contribution in [3.63, 3.8) is 0 Å². The molecule has 53 heavy (non-hydrogen) atoms. The molecule has 3 saturated heterocycles. The molecule has 0 unspecified atom stereocenters. The fourth-order valence-electron chi connectivity index (χ4n) is 8.67. The maximum atomic E-state index is 14.5. The minimum Gasteiger partial charge on any atom is -0.349 e. The monoisotopic (exact) mass is 740 g/mol. The van der Waals surface area contributed by atoms with Crippen LogP contribution in [0.5, 0.6) is 0 Å². The molecule has 0 aromatic heterocycles. The van der Waals surface area contributed by atoms with Crippen LogP contribution >= 0.6 is 0 Å². The molecule has 13 nitrogen and oxygen atoms in total. The number of urea groups is 1. The highest BCUT2D eigenvalue weighted by Gasteiger charge is 2.69. The molecule has 0 spiro atoms. The van der Waals surface area contributed by atoms with Gasteiger partial charge >= 0.3 is 6.03 Å². The number of likely N-dealkylation sites (tertiary alicyclic amines) is 1. The number of carbonyl (C=O) groups is 7. The van der Waals surface area contributed by atoms with Crippen LogP contribution in [0.2, 0.25) is 0 Å². The summed E-state index contributed by atoms with van der Waals surface area (Å²) in [5.41, 5.74) is -1.12. The SMILES string of the molecule is CC1(C)CC(=O)N(C[C@@H](NC(=O)N[C@@H]2CCCCCCCCC[C@H](C(=O)C(=O)NCC3CC3)NC(=O)[C@@H]3[C@@H]4[C@H](CN3C2=O)C4(C)C)C(C)(C)C)C(=O)C1. The maximum Gasteiger partial charge on any atom is 0.315 e. The number of fused-ring (bicyclic) bond motifs is 3. The smallest absolute Gasteiger partial charge is 0.315 e. The zero-order chi connectivity index (χ0) is 38.9. The van der Waals surface area contributed by atoms with E-state index in [2.05, 4.69) is 35.1 Å². The molecule has 2 saturated carbocycles. The number of piperidine rings is 2. The van der Waals surface area contributed by atoms with E-state index < -0.39 is 58.6 Å². The predicted molar refractivity (Wildman–Crippen MR) is 199 cm³/mol. The molecule has 0 bridgehead atoms. The van der Waals surface area contributed by atoms with Gasteiger partial charge in [-0.05, 0) is 59.7 Å². The molecule has 13 heteroatoms. The average Bonchev–Trinajstić information content (AvgIpc) is 3.92. The van der Waals surface area contributed by atoms with Crippen molar-refractivity contribution in [2.45, 2.75) is 156 Å². The van der Waals surface area contributed by atoms with Gasteiger partial charge in [0.05, 0.1) is 12.1 Å². The summed E-state index contributed by atoms with van der Waals surface area (Å²) in [7, 11) is 0. The fourth-order valence-corrected chi connectivity index (χ4v) is 8.67. The Morgan fingerprint density at radius 2 is 1.43 bits per heavy atom. The van der Waals surface area contributed by atoms with Gasteiger partial charge in [0, 0.05) is 32.5 Å². The normalized spacial score (nSPS) is 30.1. The van der Waals surface area contributed by atoms with Gasteiger partial charge in [-0.1, -0.05) is 93.4 Å². The molecule has 5 fully saturated rings. The molecule has 0 aromatic carbocycles. The minimum atomic E-state index is -0.980. The summed E-state index contributed by atoms with van der Waals surface area (Å²) in [5.74, 6) is -2.27. The third-order valence-electron chi connectivity index (χ3n) is 12.5. The van der Waals surface area contributed by atoms with Gasteiger partial charge in [0.1, 0.15) is 12.1 Å². The summed E-state index contributed by atoms with van der Waals surface area (Å²) in [6, 6.07) is -3.90. The van der Waals surface area contributed by atoms with Crippen molar-refractivity contribution in [3.05, 3.63) is 0 Å². The summed E-state index contributed by atoms with van der Waals surface area (Å²) in [6.45, 7) is 14.6. The molecule has 0 radical (unpaired) electrons. The van der Waals surface area contributed by atoms with Crippen molar-refractivity contribution in [3.8, 4) is 0 Å². The Hall–Kier alpha value is -3.51. The standard InChI is InChI=1S/C40H64N6O7/c1-38(2,3)28(23-45-29(47)19-39(4,5)20-30(45)48)44-37(53)43-27-16-14-12-10-8-9-11-13-15-26(33(49)35(51)41-21-24-17-18-24)42-34(50)32-31-25(40(31,6)7)22-46(32)36(27)52/h24-28,31-32H,8-23H2,1-7H3,(H,41,51)(H,42,50)(H2,43,44,53)/t25-,26+,27+,28+,31-,32-/m0/s1. The van der Waals surface area contributed by atoms with E-state index in [0.717, 1.165) is 44.9 Å². The highest BCUT2D eigenvalue weighted by Crippen LogP contribution is 2.65. The number of hydrogen-bond donors (Lipinski definition) is 4. The Kier molecular flexibility index (Phi) is 12.3. The lowest BCUT2D eigenvalue weighted by Gasteiger charge is -2.40. The van der Waals surface area contributed by atoms with Crippen LogP contribution < -0.4 is 21.3 Å². The molecule has 5 rings (SSSR count). The van der Waals surface area contributed by atoms with E-state index in [-0.39, 0.29) is 54.4 Å². The number of carbonyl (C=O) groups excluding carboxylic acids is 7. The van der Waals surface area contributed by atoms with Crippen LogP contribution in [0, 0.1) is 34.0 Å².